The van der Waals surface area contributed by atoms with Crippen molar-refractivity contribution in [3.8, 4) is 0 Å². The van der Waals surface area contributed by atoms with E-state index in [0.717, 1.165) is 19.6 Å². The quantitative estimate of drug-likeness (QED) is 0.880. The molecule has 0 radical (unpaired) electrons. The van der Waals surface area contributed by atoms with Crippen LogP contribution < -0.4 is 4.90 Å². The smallest absolute Gasteiger partial charge is 0.0558 e. The second-order valence-corrected chi connectivity index (χ2v) is 5.44. The average Bonchev–Trinajstić information content (AvgIpc) is 2.77. The van der Waals surface area contributed by atoms with Gasteiger partial charge in [-0.3, -0.25) is 4.90 Å². The number of anilines is 1. The SMILES string of the molecule is Cc1cc(C)cc(N2CCC(N(C)CCO)C2)c1. The highest BCUT2D eigenvalue weighted by Crippen LogP contribution is 2.24. The van der Waals surface area contributed by atoms with Crippen molar-refractivity contribution in [1.82, 2.24) is 4.90 Å². The molecule has 0 bridgehead atoms. The van der Waals surface area contributed by atoms with E-state index in [-0.39, 0.29) is 6.61 Å². The van der Waals surface area contributed by atoms with Crippen LogP contribution in [0.15, 0.2) is 18.2 Å². The zero-order valence-corrected chi connectivity index (χ0v) is 11.7. The van der Waals surface area contributed by atoms with Crippen molar-refractivity contribution in [2.24, 2.45) is 0 Å². The van der Waals surface area contributed by atoms with Crippen LogP contribution in [-0.4, -0.2) is 49.3 Å². The van der Waals surface area contributed by atoms with Crippen LogP contribution >= 0.6 is 0 Å². The van der Waals surface area contributed by atoms with Crippen molar-refractivity contribution in [3.63, 3.8) is 0 Å². The van der Waals surface area contributed by atoms with E-state index in [4.69, 9.17) is 5.11 Å². The highest BCUT2D eigenvalue weighted by Gasteiger charge is 2.25. The minimum absolute atomic E-state index is 0.247. The second-order valence-electron chi connectivity index (χ2n) is 5.44. The van der Waals surface area contributed by atoms with Gasteiger partial charge >= 0.3 is 0 Å². The van der Waals surface area contributed by atoms with Crippen LogP contribution in [0.4, 0.5) is 5.69 Å². The summed E-state index contributed by atoms with van der Waals surface area (Å²) in [5.41, 5.74) is 4.00. The number of aryl methyl sites for hydroxylation is 2. The lowest BCUT2D eigenvalue weighted by atomic mass is 10.1. The zero-order chi connectivity index (χ0) is 13.1. The molecule has 1 unspecified atom stereocenters. The normalized spacial score (nSPS) is 19.8. The molecule has 0 spiro atoms. The maximum atomic E-state index is 9.00. The molecule has 100 valence electrons. The third-order valence-electron chi connectivity index (χ3n) is 3.81. The fourth-order valence-electron chi connectivity index (χ4n) is 2.81. The van der Waals surface area contributed by atoms with Crippen molar-refractivity contribution < 1.29 is 5.11 Å². The fourth-order valence-corrected chi connectivity index (χ4v) is 2.81. The largest absolute Gasteiger partial charge is 0.395 e. The Labute approximate surface area is 110 Å². The summed E-state index contributed by atoms with van der Waals surface area (Å²) < 4.78 is 0. The molecule has 1 aliphatic rings. The van der Waals surface area contributed by atoms with Gasteiger partial charge in [0.1, 0.15) is 0 Å². The molecule has 2 rings (SSSR count). The molecule has 0 aromatic heterocycles. The highest BCUT2D eigenvalue weighted by molar-refractivity contribution is 5.51. The first kappa shape index (κ1) is 13.4. The lowest BCUT2D eigenvalue weighted by Gasteiger charge is -2.25. The fraction of sp³-hybridized carbons (Fsp3) is 0.600. The van der Waals surface area contributed by atoms with E-state index in [2.05, 4.69) is 48.9 Å². The van der Waals surface area contributed by atoms with Gasteiger partial charge < -0.3 is 10.0 Å². The number of nitrogens with zero attached hydrogens (tertiary/aromatic N) is 2. The summed E-state index contributed by atoms with van der Waals surface area (Å²) >= 11 is 0. The van der Waals surface area contributed by atoms with Crippen LogP contribution in [0.5, 0.6) is 0 Å². The molecular weight excluding hydrogens is 224 g/mol. The Hall–Kier alpha value is -1.06. The minimum Gasteiger partial charge on any atom is -0.395 e. The van der Waals surface area contributed by atoms with Crippen LogP contribution in [0.3, 0.4) is 0 Å². The molecular formula is C15H24N2O. The van der Waals surface area contributed by atoms with Crippen LogP contribution in [-0.2, 0) is 0 Å². The van der Waals surface area contributed by atoms with Crippen LogP contribution in [0.1, 0.15) is 17.5 Å². The molecule has 1 aromatic carbocycles. The van der Waals surface area contributed by atoms with Crippen LogP contribution in [0, 0.1) is 13.8 Å². The minimum atomic E-state index is 0.247. The van der Waals surface area contributed by atoms with E-state index >= 15 is 0 Å². The summed E-state index contributed by atoms with van der Waals surface area (Å²) in [5, 5.41) is 9.00. The molecule has 1 fully saturated rings. The predicted molar refractivity (Wildman–Crippen MR) is 76.2 cm³/mol. The van der Waals surface area contributed by atoms with Gasteiger partial charge in [-0.25, -0.2) is 0 Å². The molecule has 1 heterocycles. The summed E-state index contributed by atoms with van der Waals surface area (Å²) in [4.78, 5) is 4.72. The number of rotatable bonds is 4. The zero-order valence-electron chi connectivity index (χ0n) is 11.7. The van der Waals surface area contributed by atoms with E-state index in [9.17, 15) is 0 Å². The van der Waals surface area contributed by atoms with E-state index < -0.39 is 0 Å². The lowest BCUT2D eigenvalue weighted by Crippen LogP contribution is -2.36. The lowest BCUT2D eigenvalue weighted by molar-refractivity contribution is 0.188. The van der Waals surface area contributed by atoms with Crippen molar-refractivity contribution in [1.29, 1.82) is 0 Å². The van der Waals surface area contributed by atoms with Gasteiger partial charge in [0.2, 0.25) is 0 Å². The Balaban J connectivity index is 2.04. The summed E-state index contributed by atoms with van der Waals surface area (Å²) in [7, 11) is 2.10. The maximum Gasteiger partial charge on any atom is 0.0558 e. The summed E-state index contributed by atoms with van der Waals surface area (Å²) in [6, 6.07) is 7.32. The van der Waals surface area contributed by atoms with E-state index in [1.54, 1.807) is 0 Å². The molecule has 0 saturated carbocycles. The standard InChI is InChI=1S/C15H24N2O/c1-12-8-13(2)10-15(9-12)17-5-4-14(11-17)16(3)6-7-18/h8-10,14,18H,4-7,11H2,1-3H3. The first-order chi connectivity index (χ1) is 8.60. The van der Waals surface area contributed by atoms with Gasteiger partial charge in [0.15, 0.2) is 0 Å². The predicted octanol–water partition coefficient (Wildman–Crippen LogP) is 1.81. The van der Waals surface area contributed by atoms with E-state index in [1.807, 2.05) is 0 Å². The molecule has 18 heavy (non-hydrogen) atoms. The number of aliphatic hydroxyl groups is 1. The second kappa shape index (κ2) is 5.72. The third-order valence-corrected chi connectivity index (χ3v) is 3.81. The summed E-state index contributed by atoms with van der Waals surface area (Å²) in [6.07, 6.45) is 1.18. The maximum absolute atomic E-state index is 9.00. The molecule has 0 amide bonds. The van der Waals surface area contributed by atoms with Crippen LogP contribution in [0.25, 0.3) is 0 Å². The van der Waals surface area contributed by atoms with Gasteiger partial charge in [-0.2, -0.15) is 0 Å². The molecule has 1 aromatic rings. The van der Waals surface area contributed by atoms with Gasteiger partial charge in [-0.15, -0.1) is 0 Å². The van der Waals surface area contributed by atoms with Crippen molar-refractivity contribution in [3.05, 3.63) is 29.3 Å². The Kier molecular flexibility index (Phi) is 4.25. The average molecular weight is 248 g/mol. The Morgan fingerprint density at radius 3 is 2.56 bits per heavy atom. The van der Waals surface area contributed by atoms with Crippen molar-refractivity contribution >= 4 is 5.69 Å². The van der Waals surface area contributed by atoms with E-state index in [1.165, 1.54) is 23.2 Å². The van der Waals surface area contributed by atoms with E-state index in [0.29, 0.717) is 6.04 Å². The van der Waals surface area contributed by atoms with Crippen LogP contribution in [0.2, 0.25) is 0 Å². The first-order valence-corrected chi connectivity index (χ1v) is 6.74. The number of hydrogen-bond donors (Lipinski definition) is 1. The number of benzene rings is 1. The molecule has 3 nitrogen and oxygen atoms in total. The van der Waals surface area contributed by atoms with Gasteiger partial charge in [-0.1, -0.05) is 6.07 Å². The van der Waals surface area contributed by atoms with Gasteiger partial charge in [0.25, 0.3) is 0 Å². The highest BCUT2D eigenvalue weighted by atomic mass is 16.3. The number of aliphatic hydroxyl groups excluding tert-OH is 1. The van der Waals surface area contributed by atoms with Gasteiger partial charge in [-0.05, 0) is 50.6 Å². The van der Waals surface area contributed by atoms with Crippen molar-refractivity contribution in [2.45, 2.75) is 26.3 Å². The molecule has 1 aliphatic heterocycles. The van der Waals surface area contributed by atoms with Gasteiger partial charge in [0.05, 0.1) is 6.61 Å². The monoisotopic (exact) mass is 248 g/mol. The first-order valence-electron chi connectivity index (χ1n) is 6.74. The molecule has 3 heteroatoms. The Bertz CT molecular complexity index is 385. The summed E-state index contributed by atoms with van der Waals surface area (Å²) in [5.74, 6) is 0. The molecule has 0 aliphatic carbocycles. The summed E-state index contributed by atoms with van der Waals surface area (Å²) in [6.45, 7) is 7.51. The molecule has 1 saturated heterocycles. The topological polar surface area (TPSA) is 26.7 Å². The Morgan fingerprint density at radius 1 is 1.28 bits per heavy atom. The molecule has 1 atom stereocenters. The molecule has 1 N–H and O–H groups in total. The third kappa shape index (κ3) is 3.03. The number of likely N-dealkylation sites (N-methyl/N-ethyl adjacent to an activating group) is 1. The van der Waals surface area contributed by atoms with Gasteiger partial charge in [0, 0.05) is 31.4 Å². The van der Waals surface area contributed by atoms with Crippen molar-refractivity contribution in [2.75, 3.05) is 38.2 Å². The Morgan fingerprint density at radius 2 is 1.94 bits per heavy atom. The number of hydrogen-bond acceptors (Lipinski definition) is 3.